The van der Waals surface area contributed by atoms with Crippen molar-refractivity contribution in [3.63, 3.8) is 0 Å². The van der Waals surface area contributed by atoms with Gasteiger partial charge in [-0.25, -0.2) is 8.78 Å². The van der Waals surface area contributed by atoms with Crippen LogP contribution >= 0.6 is 0 Å². The highest BCUT2D eigenvalue weighted by Gasteiger charge is 2.38. The molecule has 1 aromatic carbocycles. The first-order valence-electron chi connectivity index (χ1n) is 6.63. The number of nitrogens with zero attached hydrogens (tertiary/aromatic N) is 4. The van der Waals surface area contributed by atoms with Crippen molar-refractivity contribution in [3.05, 3.63) is 41.1 Å². The number of anilines is 1. The first-order chi connectivity index (χ1) is 10.5. The van der Waals surface area contributed by atoms with Crippen LogP contribution in [-0.2, 0) is 0 Å². The molecule has 1 aromatic heterocycles. The Morgan fingerprint density at radius 1 is 1.36 bits per heavy atom. The summed E-state index contributed by atoms with van der Waals surface area (Å²) < 4.78 is 33.7. The molecule has 1 saturated heterocycles. The molecule has 0 unspecified atom stereocenters. The Morgan fingerprint density at radius 3 is 2.59 bits per heavy atom. The molecule has 1 N–H and O–H groups in total. The average Bonchev–Trinajstić information content (AvgIpc) is 3.04. The van der Waals surface area contributed by atoms with E-state index in [9.17, 15) is 13.9 Å². The SMILES string of the molecule is Cc1nnc([C@H]2C[C@@H](O)CN2c2c(F)cc(C#N)cc2F)o1. The molecule has 0 aliphatic carbocycles. The zero-order valence-electron chi connectivity index (χ0n) is 11.6. The Hall–Kier alpha value is -2.53. The second-order valence-corrected chi connectivity index (χ2v) is 5.12. The van der Waals surface area contributed by atoms with Crippen LogP contribution in [0.1, 0.15) is 29.8 Å². The lowest BCUT2D eigenvalue weighted by molar-refractivity contribution is 0.192. The maximum atomic E-state index is 14.2. The van der Waals surface area contributed by atoms with Gasteiger partial charge in [0.2, 0.25) is 11.8 Å². The number of aliphatic hydroxyl groups excluding tert-OH is 1. The second-order valence-electron chi connectivity index (χ2n) is 5.12. The van der Waals surface area contributed by atoms with Gasteiger partial charge in [0, 0.05) is 19.9 Å². The lowest BCUT2D eigenvalue weighted by Crippen LogP contribution is -2.26. The molecule has 2 heterocycles. The molecule has 114 valence electrons. The van der Waals surface area contributed by atoms with Gasteiger partial charge in [0.1, 0.15) is 11.7 Å². The van der Waals surface area contributed by atoms with Crippen molar-refractivity contribution in [2.75, 3.05) is 11.4 Å². The minimum Gasteiger partial charge on any atom is -0.423 e. The van der Waals surface area contributed by atoms with Crippen LogP contribution < -0.4 is 4.90 Å². The van der Waals surface area contributed by atoms with E-state index in [4.69, 9.17) is 9.68 Å². The van der Waals surface area contributed by atoms with E-state index in [-0.39, 0.29) is 30.1 Å². The van der Waals surface area contributed by atoms with Crippen molar-refractivity contribution in [2.45, 2.75) is 25.5 Å². The molecule has 0 radical (unpaired) electrons. The fraction of sp³-hybridized carbons (Fsp3) is 0.357. The highest BCUT2D eigenvalue weighted by atomic mass is 19.1. The predicted octanol–water partition coefficient (Wildman–Crippen LogP) is 1.84. The number of hydrogen-bond donors (Lipinski definition) is 1. The number of hydrogen-bond acceptors (Lipinski definition) is 6. The molecule has 0 bridgehead atoms. The van der Waals surface area contributed by atoms with E-state index >= 15 is 0 Å². The molecule has 2 atom stereocenters. The van der Waals surface area contributed by atoms with E-state index in [1.54, 1.807) is 13.0 Å². The summed E-state index contributed by atoms with van der Waals surface area (Å²) in [6.45, 7) is 1.64. The number of halogens is 2. The van der Waals surface area contributed by atoms with Crippen molar-refractivity contribution in [1.82, 2.24) is 10.2 Å². The zero-order chi connectivity index (χ0) is 15.9. The minimum absolute atomic E-state index is 0.0336. The maximum absolute atomic E-state index is 14.2. The standard InChI is InChI=1S/C14H12F2N4O2/c1-7-18-19-14(22-7)12-4-9(21)6-20(12)13-10(15)2-8(5-17)3-11(13)16/h2-3,9,12,21H,4,6H2,1H3/t9-,12-/m1/s1. The van der Waals surface area contributed by atoms with Gasteiger partial charge >= 0.3 is 0 Å². The fourth-order valence-corrected chi connectivity index (χ4v) is 2.65. The monoisotopic (exact) mass is 306 g/mol. The quantitative estimate of drug-likeness (QED) is 0.911. The third-order valence-electron chi connectivity index (χ3n) is 3.54. The van der Waals surface area contributed by atoms with Crippen LogP contribution in [0, 0.1) is 29.9 Å². The highest BCUT2D eigenvalue weighted by Crippen LogP contribution is 2.38. The number of rotatable bonds is 2. The molecule has 8 heteroatoms. The van der Waals surface area contributed by atoms with Crippen LogP contribution in [0.4, 0.5) is 14.5 Å². The van der Waals surface area contributed by atoms with Crippen LogP contribution in [-0.4, -0.2) is 28.0 Å². The van der Waals surface area contributed by atoms with E-state index in [1.165, 1.54) is 4.90 Å². The molecule has 0 saturated carbocycles. The van der Waals surface area contributed by atoms with Crippen LogP contribution in [0.25, 0.3) is 0 Å². The van der Waals surface area contributed by atoms with Gasteiger partial charge in [-0.3, -0.25) is 0 Å². The van der Waals surface area contributed by atoms with Crippen molar-refractivity contribution >= 4 is 5.69 Å². The number of nitriles is 1. The summed E-state index contributed by atoms with van der Waals surface area (Å²) in [7, 11) is 0. The Labute approximate surface area is 124 Å². The molecule has 3 rings (SSSR count). The molecule has 6 nitrogen and oxygen atoms in total. The van der Waals surface area contributed by atoms with Gasteiger partial charge < -0.3 is 14.4 Å². The van der Waals surface area contributed by atoms with Crippen LogP contribution in [0.3, 0.4) is 0 Å². The van der Waals surface area contributed by atoms with Gasteiger partial charge in [-0.05, 0) is 12.1 Å². The van der Waals surface area contributed by atoms with E-state index in [0.717, 1.165) is 12.1 Å². The molecule has 0 amide bonds. The minimum atomic E-state index is -0.869. The lowest BCUT2D eigenvalue weighted by Gasteiger charge is -2.24. The third-order valence-corrected chi connectivity index (χ3v) is 3.54. The van der Waals surface area contributed by atoms with E-state index < -0.39 is 23.8 Å². The largest absolute Gasteiger partial charge is 0.423 e. The van der Waals surface area contributed by atoms with Crippen molar-refractivity contribution < 1.29 is 18.3 Å². The topological polar surface area (TPSA) is 86.2 Å². The first kappa shape index (κ1) is 14.4. The summed E-state index contributed by atoms with van der Waals surface area (Å²) in [6.07, 6.45) is -0.549. The van der Waals surface area contributed by atoms with Crippen LogP contribution in [0.2, 0.25) is 0 Å². The fourth-order valence-electron chi connectivity index (χ4n) is 2.65. The predicted molar refractivity (Wildman–Crippen MR) is 70.8 cm³/mol. The van der Waals surface area contributed by atoms with Crippen LogP contribution in [0.15, 0.2) is 16.5 Å². The number of benzene rings is 1. The molecule has 22 heavy (non-hydrogen) atoms. The average molecular weight is 306 g/mol. The summed E-state index contributed by atoms with van der Waals surface area (Å²) in [6, 6.07) is 2.99. The van der Waals surface area contributed by atoms with Gasteiger partial charge in [-0.15, -0.1) is 10.2 Å². The Bertz CT molecular complexity index is 733. The molecular weight excluding hydrogens is 294 g/mol. The Kier molecular flexibility index (Phi) is 3.50. The summed E-state index contributed by atoms with van der Waals surface area (Å²) in [5.41, 5.74) is -0.417. The molecular formula is C14H12F2N4O2. The van der Waals surface area contributed by atoms with Crippen LogP contribution in [0.5, 0.6) is 0 Å². The van der Waals surface area contributed by atoms with E-state index in [2.05, 4.69) is 10.2 Å². The Morgan fingerprint density at radius 2 is 2.05 bits per heavy atom. The summed E-state index contributed by atoms with van der Waals surface area (Å²) in [4.78, 5) is 1.35. The summed E-state index contributed by atoms with van der Waals surface area (Å²) >= 11 is 0. The highest BCUT2D eigenvalue weighted by molar-refractivity contribution is 5.54. The number of aliphatic hydroxyl groups is 1. The van der Waals surface area contributed by atoms with Gasteiger partial charge in [0.25, 0.3) is 0 Å². The van der Waals surface area contributed by atoms with Gasteiger partial charge in [-0.2, -0.15) is 5.26 Å². The summed E-state index contributed by atoms with van der Waals surface area (Å²) in [5.74, 6) is -1.21. The molecule has 1 aliphatic heterocycles. The molecule has 1 fully saturated rings. The first-order valence-corrected chi connectivity index (χ1v) is 6.63. The van der Waals surface area contributed by atoms with Gasteiger partial charge in [0.15, 0.2) is 11.6 Å². The maximum Gasteiger partial charge on any atom is 0.238 e. The van der Waals surface area contributed by atoms with E-state index in [1.807, 2.05) is 0 Å². The Balaban J connectivity index is 2.04. The molecule has 0 spiro atoms. The van der Waals surface area contributed by atoms with Crippen molar-refractivity contribution in [2.24, 2.45) is 0 Å². The van der Waals surface area contributed by atoms with Crippen molar-refractivity contribution in [1.29, 1.82) is 5.26 Å². The van der Waals surface area contributed by atoms with Gasteiger partial charge in [0.05, 0.1) is 17.7 Å². The smallest absolute Gasteiger partial charge is 0.238 e. The summed E-state index contributed by atoms with van der Waals surface area (Å²) in [5, 5.41) is 26.2. The molecule has 2 aromatic rings. The number of β-amino-alcohol motifs (C(OH)–C–C–N with tert-alkyl or cyclic N) is 1. The second kappa shape index (κ2) is 5.35. The zero-order valence-corrected chi connectivity index (χ0v) is 11.6. The van der Waals surface area contributed by atoms with Crippen molar-refractivity contribution in [3.8, 4) is 6.07 Å². The van der Waals surface area contributed by atoms with E-state index in [0.29, 0.717) is 5.89 Å². The van der Waals surface area contributed by atoms with Gasteiger partial charge in [-0.1, -0.05) is 0 Å². The number of aromatic nitrogens is 2. The number of aryl methyl sites for hydroxylation is 1. The molecule has 1 aliphatic rings. The lowest BCUT2D eigenvalue weighted by atomic mass is 10.1. The third kappa shape index (κ3) is 2.40. The normalized spacial score (nSPS) is 21.1.